The number of benzene rings is 1. The van der Waals surface area contributed by atoms with Crippen LogP contribution in [-0.4, -0.2) is 60.3 Å². The number of carbonyl (C=O) groups is 1. The number of rotatable bonds is 7. The van der Waals surface area contributed by atoms with Crippen LogP contribution in [0.4, 0.5) is 5.82 Å². The first-order chi connectivity index (χ1) is 12.2. The van der Waals surface area contributed by atoms with Crippen LogP contribution < -0.4 is 9.64 Å². The Bertz CT molecular complexity index is 668. The molecule has 132 valence electrons. The summed E-state index contributed by atoms with van der Waals surface area (Å²) in [4.78, 5) is 19.8. The maximum atomic E-state index is 10.7. The van der Waals surface area contributed by atoms with E-state index in [1.54, 1.807) is 12.1 Å². The van der Waals surface area contributed by atoms with E-state index in [9.17, 15) is 4.79 Å². The van der Waals surface area contributed by atoms with Gasteiger partial charge < -0.3 is 14.7 Å². The van der Waals surface area contributed by atoms with E-state index >= 15 is 0 Å². The van der Waals surface area contributed by atoms with Crippen LogP contribution in [-0.2, 0) is 11.2 Å². The quantitative estimate of drug-likeness (QED) is 0.830. The number of piperazine rings is 1. The van der Waals surface area contributed by atoms with Crippen LogP contribution in [0.3, 0.4) is 0 Å². The second-order valence-electron chi connectivity index (χ2n) is 6.08. The predicted octanol–water partition coefficient (Wildman–Crippen LogP) is 1.91. The molecule has 0 amide bonds. The fourth-order valence-corrected chi connectivity index (χ4v) is 2.91. The van der Waals surface area contributed by atoms with Crippen LogP contribution in [0.15, 0.2) is 48.7 Å². The summed E-state index contributed by atoms with van der Waals surface area (Å²) in [6.07, 6.45) is 1.87. The molecule has 0 aliphatic carbocycles. The highest BCUT2D eigenvalue weighted by molar-refractivity contribution is 5.70. The van der Waals surface area contributed by atoms with Crippen LogP contribution in [0.1, 0.15) is 5.56 Å². The summed E-state index contributed by atoms with van der Waals surface area (Å²) in [5.41, 5.74) is 0.783. The average molecular weight is 341 g/mol. The zero-order chi connectivity index (χ0) is 17.5. The minimum atomic E-state index is -0.821. The molecule has 2 aromatic rings. The second-order valence-corrected chi connectivity index (χ2v) is 6.08. The van der Waals surface area contributed by atoms with Gasteiger partial charge in [-0.05, 0) is 29.8 Å². The van der Waals surface area contributed by atoms with Crippen LogP contribution >= 0.6 is 0 Å². The van der Waals surface area contributed by atoms with Crippen molar-refractivity contribution in [3.05, 3.63) is 54.2 Å². The molecule has 0 radical (unpaired) electrons. The SMILES string of the molecule is O=C(O)Cc1ccc(OCCN2CCN(c3ccccn3)CC2)cc1. The highest BCUT2D eigenvalue weighted by Gasteiger charge is 2.17. The minimum absolute atomic E-state index is 0.0425. The number of anilines is 1. The first-order valence-electron chi connectivity index (χ1n) is 8.52. The van der Waals surface area contributed by atoms with Crippen molar-refractivity contribution < 1.29 is 14.6 Å². The van der Waals surface area contributed by atoms with E-state index < -0.39 is 5.97 Å². The summed E-state index contributed by atoms with van der Waals surface area (Å²) >= 11 is 0. The van der Waals surface area contributed by atoms with Crippen LogP contribution in [0, 0.1) is 0 Å². The lowest BCUT2D eigenvalue weighted by atomic mass is 10.1. The number of ether oxygens (including phenoxy) is 1. The molecule has 0 spiro atoms. The highest BCUT2D eigenvalue weighted by Crippen LogP contribution is 2.14. The molecule has 0 saturated carbocycles. The Kier molecular flexibility index (Phi) is 5.85. The molecule has 1 aliphatic heterocycles. The third kappa shape index (κ3) is 5.19. The summed E-state index contributed by atoms with van der Waals surface area (Å²) in [5.74, 6) is 1.000. The van der Waals surface area contributed by atoms with Gasteiger partial charge in [0.25, 0.3) is 0 Å². The Balaban J connectivity index is 1.38. The number of carboxylic acids is 1. The lowest BCUT2D eigenvalue weighted by Crippen LogP contribution is -2.47. The zero-order valence-corrected chi connectivity index (χ0v) is 14.2. The summed E-state index contributed by atoms with van der Waals surface area (Å²) in [5, 5.41) is 8.77. The number of hydrogen-bond donors (Lipinski definition) is 1. The Labute approximate surface area is 147 Å². The predicted molar refractivity (Wildman–Crippen MR) is 96.2 cm³/mol. The first kappa shape index (κ1) is 17.2. The molecule has 1 fully saturated rings. The van der Waals surface area contributed by atoms with Gasteiger partial charge in [-0.2, -0.15) is 0 Å². The summed E-state index contributed by atoms with van der Waals surface area (Å²) in [7, 11) is 0. The molecule has 25 heavy (non-hydrogen) atoms. The Morgan fingerprint density at radius 1 is 1.08 bits per heavy atom. The van der Waals surface area contributed by atoms with Crippen molar-refractivity contribution in [2.45, 2.75) is 6.42 Å². The van der Waals surface area contributed by atoms with Gasteiger partial charge in [0.05, 0.1) is 6.42 Å². The lowest BCUT2D eigenvalue weighted by Gasteiger charge is -2.35. The van der Waals surface area contributed by atoms with Crippen molar-refractivity contribution in [2.24, 2.45) is 0 Å². The maximum Gasteiger partial charge on any atom is 0.307 e. The Morgan fingerprint density at radius 2 is 1.84 bits per heavy atom. The molecule has 1 aromatic carbocycles. The third-order valence-corrected chi connectivity index (χ3v) is 4.30. The molecule has 1 N–H and O–H groups in total. The van der Waals surface area contributed by atoms with E-state index in [1.807, 2.05) is 36.5 Å². The van der Waals surface area contributed by atoms with Crippen molar-refractivity contribution in [1.29, 1.82) is 0 Å². The molecule has 1 aromatic heterocycles. The minimum Gasteiger partial charge on any atom is -0.492 e. The van der Waals surface area contributed by atoms with E-state index in [0.717, 1.165) is 49.9 Å². The normalized spacial score (nSPS) is 15.1. The van der Waals surface area contributed by atoms with Gasteiger partial charge in [0.1, 0.15) is 18.2 Å². The largest absolute Gasteiger partial charge is 0.492 e. The van der Waals surface area contributed by atoms with Crippen LogP contribution in [0.5, 0.6) is 5.75 Å². The van der Waals surface area contributed by atoms with E-state index in [0.29, 0.717) is 6.61 Å². The topological polar surface area (TPSA) is 65.9 Å². The smallest absolute Gasteiger partial charge is 0.307 e. The average Bonchev–Trinajstić information content (AvgIpc) is 2.64. The highest BCUT2D eigenvalue weighted by atomic mass is 16.5. The van der Waals surface area contributed by atoms with E-state index in [-0.39, 0.29) is 6.42 Å². The number of nitrogens with zero attached hydrogens (tertiary/aromatic N) is 3. The molecule has 1 aliphatic rings. The molecule has 3 rings (SSSR count). The maximum absolute atomic E-state index is 10.7. The van der Waals surface area contributed by atoms with Gasteiger partial charge in [-0.25, -0.2) is 4.98 Å². The van der Waals surface area contributed by atoms with Crippen molar-refractivity contribution in [3.8, 4) is 5.75 Å². The molecule has 0 unspecified atom stereocenters. The number of aliphatic carboxylic acids is 1. The lowest BCUT2D eigenvalue weighted by molar-refractivity contribution is -0.136. The fourth-order valence-electron chi connectivity index (χ4n) is 2.91. The van der Waals surface area contributed by atoms with E-state index in [4.69, 9.17) is 9.84 Å². The molecule has 6 heteroatoms. The Morgan fingerprint density at radius 3 is 2.48 bits per heavy atom. The van der Waals surface area contributed by atoms with Crippen LogP contribution in [0.2, 0.25) is 0 Å². The van der Waals surface area contributed by atoms with Gasteiger partial charge >= 0.3 is 5.97 Å². The number of pyridine rings is 1. The van der Waals surface area contributed by atoms with Crippen molar-refractivity contribution in [2.75, 3.05) is 44.2 Å². The van der Waals surface area contributed by atoms with Crippen molar-refractivity contribution >= 4 is 11.8 Å². The molecule has 1 saturated heterocycles. The van der Waals surface area contributed by atoms with Gasteiger partial charge in [-0.15, -0.1) is 0 Å². The molecular weight excluding hydrogens is 318 g/mol. The van der Waals surface area contributed by atoms with Gasteiger partial charge in [0.2, 0.25) is 0 Å². The number of hydrogen-bond acceptors (Lipinski definition) is 5. The van der Waals surface area contributed by atoms with E-state index in [1.165, 1.54) is 0 Å². The zero-order valence-electron chi connectivity index (χ0n) is 14.2. The Hall–Kier alpha value is -2.60. The third-order valence-electron chi connectivity index (χ3n) is 4.30. The number of carboxylic acid groups (broad SMARTS) is 1. The van der Waals surface area contributed by atoms with Crippen molar-refractivity contribution in [3.63, 3.8) is 0 Å². The second kappa shape index (κ2) is 8.48. The summed E-state index contributed by atoms with van der Waals surface area (Å²) in [6.45, 7) is 5.45. The van der Waals surface area contributed by atoms with Gasteiger partial charge in [-0.1, -0.05) is 18.2 Å². The molecule has 6 nitrogen and oxygen atoms in total. The molecular formula is C19H23N3O3. The van der Waals surface area contributed by atoms with E-state index in [2.05, 4.69) is 14.8 Å². The standard InChI is InChI=1S/C19H23N3O3/c23-19(24)15-16-4-6-17(7-5-16)25-14-13-21-9-11-22(12-10-21)18-3-1-2-8-20-18/h1-8H,9-15H2,(H,23,24). The summed E-state index contributed by atoms with van der Waals surface area (Å²) < 4.78 is 5.77. The number of aromatic nitrogens is 1. The first-order valence-corrected chi connectivity index (χ1v) is 8.52. The van der Waals surface area contributed by atoms with Crippen molar-refractivity contribution in [1.82, 2.24) is 9.88 Å². The fraction of sp³-hybridized carbons (Fsp3) is 0.368. The monoisotopic (exact) mass is 341 g/mol. The summed E-state index contributed by atoms with van der Waals surface area (Å²) in [6, 6.07) is 13.3. The molecule has 0 atom stereocenters. The van der Waals surface area contributed by atoms with Gasteiger partial charge in [-0.3, -0.25) is 9.69 Å². The molecule has 2 heterocycles. The van der Waals surface area contributed by atoms with Crippen LogP contribution in [0.25, 0.3) is 0 Å². The van der Waals surface area contributed by atoms with Gasteiger partial charge in [0.15, 0.2) is 0 Å². The molecule has 0 bridgehead atoms. The van der Waals surface area contributed by atoms with Gasteiger partial charge in [0, 0.05) is 38.9 Å².